The Labute approximate surface area is 258 Å². The molecule has 0 spiro atoms. The molecule has 0 fully saturated rings. The highest BCUT2D eigenvalue weighted by Crippen LogP contribution is 2.16. The van der Waals surface area contributed by atoms with Gasteiger partial charge in [0.25, 0.3) is 0 Å². The molecule has 0 aliphatic rings. The number of ketones is 1. The SMILES string of the molecule is COc1ccc(C[C@H](NC(=O)OCc2ccccc2)C(=O)N[C@@H](CC(C)C)C(=O)N[C@@H](CC(C)C)C(=O)c2ccco2)cc1. The first kappa shape index (κ1) is 33.9. The van der Waals surface area contributed by atoms with E-state index >= 15 is 0 Å². The third-order valence-corrected chi connectivity index (χ3v) is 6.86. The van der Waals surface area contributed by atoms with Crippen LogP contribution in [0.5, 0.6) is 5.75 Å². The summed E-state index contributed by atoms with van der Waals surface area (Å²) in [6.45, 7) is 7.80. The number of hydrogen-bond acceptors (Lipinski definition) is 7. The normalized spacial score (nSPS) is 13.1. The van der Waals surface area contributed by atoms with Crippen molar-refractivity contribution >= 4 is 23.7 Å². The highest BCUT2D eigenvalue weighted by atomic mass is 16.5. The van der Waals surface area contributed by atoms with Crippen LogP contribution in [0, 0.1) is 11.8 Å². The first-order chi connectivity index (χ1) is 21.0. The standard InChI is InChI=1S/C34H43N3O7/c1-22(2)18-27(31(38)30-12-9-17-43-30)35-32(39)28(19-23(3)4)36-33(40)29(20-24-13-15-26(42-5)16-14-24)37-34(41)44-21-25-10-7-6-8-11-25/h6-17,22-23,27-29H,18-21H2,1-5H3,(H,35,39)(H,36,40)(H,37,41)/t27-,28-,29-/m0/s1. The number of hydrogen-bond donors (Lipinski definition) is 3. The molecule has 1 aromatic heterocycles. The minimum atomic E-state index is -1.05. The van der Waals surface area contributed by atoms with Gasteiger partial charge in [0.1, 0.15) is 24.4 Å². The monoisotopic (exact) mass is 605 g/mol. The van der Waals surface area contributed by atoms with Crippen LogP contribution >= 0.6 is 0 Å². The lowest BCUT2D eigenvalue weighted by atomic mass is 9.97. The maximum Gasteiger partial charge on any atom is 0.408 e. The summed E-state index contributed by atoms with van der Waals surface area (Å²) in [6.07, 6.45) is 1.48. The van der Waals surface area contributed by atoms with Crippen molar-refractivity contribution in [3.8, 4) is 5.75 Å². The zero-order chi connectivity index (χ0) is 32.1. The molecule has 3 amide bonds. The first-order valence-electron chi connectivity index (χ1n) is 14.8. The molecule has 0 saturated carbocycles. The second-order valence-corrected chi connectivity index (χ2v) is 11.5. The molecular weight excluding hydrogens is 562 g/mol. The van der Waals surface area contributed by atoms with Crippen molar-refractivity contribution in [1.29, 1.82) is 0 Å². The molecule has 0 aliphatic heterocycles. The van der Waals surface area contributed by atoms with Gasteiger partial charge in [-0.3, -0.25) is 14.4 Å². The van der Waals surface area contributed by atoms with Gasteiger partial charge in [-0.25, -0.2) is 4.79 Å². The van der Waals surface area contributed by atoms with Crippen LogP contribution in [0.4, 0.5) is 4.79 Å². The summed E-state index contributed by atoms with van der Waals surface area (Å²) < 4.78 is 15.9. The van der Waals surface area contributed by atoms with Crippen molar-refractivity contribution < 1.29 is 33.1 Å². The van der Waals surface area contributed by atoms with E-state index in [2.05, 4.69) is 16.0 Å². The average Bonchev–Trinajstić information content (AvgIpc) is 3.54. The molecule has 10 nitrogen and oxygen atoms in total. The van der Waals surface area contributed by atoms with Crippen LogP contribution in [-0.4, -0.2) is 48.9 Å². The van der Waals surface area contributed by atoms with Crippen molar-refractivity contribution in [2.45, 2.75) is 71.7 Å². The van der Waals surface area contributed by atoms with Gasteiger partial charge in [-0.2, -0.15) is 0 Å². The number of carbonyl (C=O) groups excluding carboxylic acids is 4. The van der Waals surface area contributed by atoms with E-state index in [9.17, 15) is 19.2 Å². The predicted molar refractivity (Wildman–Crippen MR) is 166 cm³/mol. The molecule has 10 heteroatoms. The Morgan fingerprint density at radius 3 is 1.91 bits per heavy atom. The van der Waals surface area contributed by atoms with E-state index in [1.807, 2.05) is 58.0 Å². The summed E-state index contributed by atoms with van der Waals surface area (Å²) in [4.78, 5) is 53.2. The van der Waals surface area contributed by atoms with Crippen LogP contribution in [-0.2, 0) is 27.4 Å². The molecule has 0 aliphatic carbocycles. The highest BCUT2D eigenvalue weighted by Gasteiger charge is 2.32. The van der Waals surface area contributed by atoms with Crippen LogP contribution in [0.3, 0.4) is 0 Å². The Morgan fingerprint density at radius 2 is 1.32 bits per heavy atom. The van der Waals surface area contributed by atoms with Gasteiger partial charge in [-0.05, 0) is 60.1 Å². The van der Waals surface area contributed by atoms with Gasteiger partial charge in [-0.1, -0.05) is 70.2 Å². The lowest BCUT2D eigenvalue weighted by Gasteiger charge is -2.26. The fraction of sp³-hybridized carbons (Fsp3) is 0.412. The molecule has 44 heavy (non-hydrogen) atoms. The van der Waals surface area contributed by atoms with E-state index in [0.29, 0.717) is 18.6 Å². The molecule has 0 bridgehead atoms. The van der Waals surface area contributed by atoms with E-state index in [4.69, 9.17) is 13.9 Å². The number of furan rings is 1. The van der Waals surface area contributed by atoms with E-state index in [-0.39, 0.29) is 36.4 Å². The topological polar surface area (TPSA) is 136 Å². The number of carbonyl (C=O) groups is 4. The molecular formula is C34H43N3O7. The van der Waals surface area contributed by atoms with Crippen molar-refractivity contribution in [3.05, 3.63) is 89.9 Å². The maximum atomic E-state index is 13.7. The van der Waals surface area contributed by atoms with Crippen molar-refractivity contribution in [3.63, 3.8) is 0 Å². The Kier molecular flexibility index (Phi) is 13.0. The Morgan fingerprint density at radius 1 is 0.705 bits per heavy atom. The van der Waals surface area contributed by atoms with Crippen LogP contribution in [0.1, 0.15) is 62.2 Å². The van der Waals surface area contributed by atoms with E-state index < -0.39 is 36.0 Å². The molecule has 3 N–H and O–H groups in total. The molecule has 0 unspecified atom stereocenters. The molecule has 3 atom stereocenters. The summed E-state index contributed by atoms with van der Waals surface area (Å²) in [5.41, 5.74) is 1.56. The summed E-state index contributed by atoms with van der Waals surface area (Å²) in [5, 5.41) is 8.32. The van der Waals surface area contributed by atoms with Gasteiger partial charge in [0.05, 0.1) is 19.4 Å². The van der Waals surface area contributed by atoms with Crippen molar-refractivity contribution in [2.24, 2.45) is 11.8 Å². The number of ether oxygens (including phenoxy) is 2. The average molecular weight is 606 g/mol. The van der Waals surface area contributed by atoms with Crippen molar-refractivity contribution in [2.75, 3.05) is 7.11 Å². The first-order valence-corrected chi connectivity index (χ1v) is 14.8. The van der Waals surface area contributed by atoms with Gasteiger partial charge < -0.3 is 29.8 Å². The van der Waals surface area contributed by atoms with Crippen LogP contribution in [0.25, 0.3) is 0 Å². The summed E-state index contributed by atoms with van der Waals surface area (Å²) in [7, 11) is 1.56. The number of benzene rings is 2. The Balaban J connectivity index is 1.77. The predicted octanol–water partition coefficient (Wildman–Crippen LogP) is 5.07. The summed E-state index contributed by atoms with van der Waals surface area (Å²) >= 11 is 0. The third kappa shape index (κ3) is 10.9. The van der Waals surface area contributed by atoms with Crippen LogP contribution in [0.2, 0.25) is 0 Å². The second-order valence-electron chi connectivity index (χ2n) is 11.5. The number of methoxy groups -OCH3 is 1. The number of amides is 3. The van der Waals surface area contributed by atoms with Gasteiger partial charge >= 0.3 is 6.09 Å². The van der Waals surface area contributed by atoms with Gasteiger partial charge in [-0.15, -0.1) is 0 Å². The van der Waals surface area contributed by atoms with Crippen LogP contribution < -0.4 is 20.7 Å². The summed E-state index contributed by atoms with van der Waals surface area (Å²) in [5.74, 6) is -0.441. The quantitative estimate of drug-likeness (QED) is 0.194. The lowest BCUT2D eigenvalue weighted by molar-refractivity contribution is -0.130. The van der Waals surface area contributed by atoms with Gasteiger partial charge in [0.15, 0.2) is 5.76 Å². The molecule has 3 aromatic rings. The Bertz CT molecular complexity index is 1340. The highest BCUT2D eigenvalue weighted by molar-refractivity contribution is 6.01. The van der Waals surface area contributed by atoms with E-state index in [1.54, 1.807) is 43.5 Å². The number of nitrogens with one attached hydrogen (secondary N) is 3. The third-order valence-electron chi connectivity index (χ3n) is 6.86. The van der Waals surface area contributed by atoms with Gasteiger partial charge in [0.2, 0.25) is 17.6 Å². The molecule has 0 saturated heterocycles. The number of Topliss-reactive ketones (excluding diaryl/α,β-unsaturated/α-hetero) is 1. The molecule has 0 radical (unpaired) electrons. The minimum absolute atomic E-state index is 0.0306. The second kappa shape index (κ2) is 16.9. The van der Waals surface area contributed by atoms with Gasteiger partial charge in [0, 0.05) is 6.42 Å². The minimum Gasteiger partial charge on any atom is -0.497 e. The Hall–Kier alpha value is -4.60. The van der Waals surface area contributed by atoms with E-state index in [0.717, 1.165) is 11.1 Å². The fourth-order valence-electron chi connectivity index (χ4n) is 4.65. The van der Waals surface area contributed by atoms with Crippen molar-refractivity contribution in [1.82, 2.24) is 16.0 Å². The number of alkyl carbamates (subject to hydrolysis) is 1. The number of rotatable bonds is 16. The zero-order valence-electron chi connectivity index (χ0n) is 26.0. The lowest BCUT2D eigenvalue weighted by Crippen LogP contribution is -2.56. The molecule has 3 rings (SSSR count). The fourth-order valence-corrected chi connectivity index (χ4v) is 4.65. The molecule has 2 aromatic carbocycles. The maximum absolute atomic E-state index is 13.7. The largest absolute Gasteiger partial charge is 0.497 e. The molecule has 236 valence electrons. The summed E-state index contributed by atoms with van der Waals surface area (Å²) in [6, 6.07) is 16.6. The van der Waals surface area contributed by atoms with E-state index in [1.165, 1.54) is 6.26 Å². The van der Waals surface area contributed by atoms with Crippen LogP contribution in [0.15, 0.2) is 77.4 Å². The smallest absolute Gasteiger partial charge is 0.408 e. The molecule has 1 heterocycles. The zero-order valence-corrected chi connectivity index (χ0v) is 26.0.